The van der Waals surface area contributed by atoms with E-state index in [1.54, 1.807) is 11.9 Å². The molecule has 2 N–H and O–H groups in total. The molecular weight excluding hydrogens is 308 g/mol. The SMILES string of the molecule is CN(Cc1ccc2c(c1)OCO2)C(=O)[C@@H]1CC[C@H](CN)O1.Cl. The summed E-state index contributed by atoms with van der Waals surface area (Å²) in [7, 11) is 1.78. The molecule has 1 fully saturated rings. The maximum absolute atomic E-state index is 12.3. The minimum absolute atomic E-state index is 0. The van der Waals surface area contributed by atoms with Crippen molar-refractivity contribution < 1.29 is 19.0 Å². The maximum Gasteiger partial charge on any atom is 0.251 e. The molecule has 0 saturated carbocycles. The van der Waals surface area contributed by atoms with Crippen molar-refractivity contribution in [1.29, 1.82) is 0 Å². The highest BCUT2D eigenvalue weighted by Gasteiger charge is 2.31. The van der Waals surface area contributed by atoms with Gasteiger partial charge in [-0.15, -0.1) is 12.4 Å². The predicted molar refractivity (Wildman–Crippen MR) is 83.2 cm³/mol. The van der Waals surface area contributed by atoms with E-state index in [4.69, 9.17) is 19.9 Å². The highest BCUT2D eigenvalue weighted by Crippen LogP contribution is 2.32. The van der Waals surface area contributed by atoms with Crippen molar-refractivity contribution in [3.05, 3.63) is 23.8 Å². The minimum atomic E-state index is -0.363. The van der Waals surface area contributed by atoms with Crippen molar-refractivity contribution >= 4 is 18.3 Å². The van der Waals surface area contributed by atoms with Crippen LogP contribution in [0.4, 0.5) is 0 Å². The molecule has 2 aliphatic rings. The molecule has 2 atom stereocenters. The molecule has 22 heavy (non-hydrogen) atoms. The number of nitrogens with two attached hydrogens (primary N) is 1. The average Bonchev–Trinajstić information content (AvgIpc) is 3.14. The van der Waals surface area contributed by atoms with Crippen LogP contribution in [0.3, 0.4) is 0 Å². The molecule has 1 aromatic rings. The van der Waals surface area contributed by atoms with E-state index in [0.29, 0.717) is 13.1 Å². The lowest BCUT2D eigenvalue weighted by molar-refractivity contribution is -0.141. The van der Waals surface area contributed by atoms with E-state index in [1.165, 1.54) is 0 Å². The largest absolute Gasteiger partial charge is 0.454 e. The summed E-state index contributed by atoms with van der Waals surface area (Å²) in [6.45, 7) is 1.24. The van der Waals surface area contributed by atoms with Crippen molar-refractivity contribution in [3.63, 3.8) is 0 Å². The fraction of sp³-hybridized carbons (Fsp3) is 0.533. The van der Waals surface area contributed by atoms with Crippen LogP contribution in [-0.4, -0.2) is 43.4 Å². The van der Waals surface area contributed by atoms with Gasteiger partial charge in [0, 0.05) is 20.1 Å². The molecule has 1 saturated heterocycles. The van der Waals surface area contributed by atoms with Crippen LogP contribution in [0.25, 0.3) is 0 Å². The molecule has 1 amide bonds. The number of amides is 1. The number of rotatable bonds is 4. The fourth-order valence-electron chi connectivity index (χ4n) is 2.70. The van der Waals surface area contributed by atoms with Gasteiger partial charge in [-0.25, -0.2) is 0 Å². The van der Waals surface area contributed by atoms with Crippen molar-refractivity contribution in [2.75, 3.05) is 20.4 Å². The zero-order valence-electron chi connectivity index (χ0n) is 12.5. The summed E-state index contributed by atoms with van der Waals surface area (Å²) in [6.07, 6.45) is 1.24. The van der Waals surface area contributed by atoms with Crippen LogP contribution in [0.1, 0.15) is 18.4 Å². The van der Waals surface area contributed by atoms with Gasteiger partial charge in [-0.3, -0.25) is 4.79 Å². The third kappa shape index (κ3) is 3.45. The fourth-order valence-corrected chi connectivity index (χ4v) is 2.70. The molecule has 2 aliphatic heterocycles. The Bertz CT molecular complexity index is 540. The maximum atomic E-state index is 12.3. The highest BCUT2D eigenvalue weighted by molar-refractivity contribution is 5.85. The van der Waals surface area contributed by atoms with Gasteiger partial charge in [0.1, 0.15) is 6.10 Å². The van der Waals surface area contributed by atoms with Crippen molar-refractivity contribution in [1.82, 2.24) is 4.90 Å². The number of ether oxygens (including phenoxy) is 3. The molecule has 2 heterocycles. The van der Waals surface area contributed by atoms with Gasteiger partial charge in [-0.2, -0.15) is 0 Å². The first kappa shape index (κ1) is 16.9. The Balaban J connectivity index is 0.00000176. The molecule has 122 valence electrons. The van der Waals surface area contributed by atoms with Crippen LogP contribution in [-0.2, 0) is 16.1 Å². The van der Waals surface area contributed by atoms with Crippen LogP contribution in [0, 0.1) is 0 Å². The van der Waals surface area contributed by atoms with E-state index < -0.39 is 0 Å². The summed E-state index contributed by atoms with van der Waals surface area (Å²) < 4.78 is 16.3. The summed E-state index contributed by atoms with van der Waals surface area (Å²) in [5.74, 6) is 1.48. The van der Waals surface area contributed by atoms with Crippen LogP contribution in [0.2, 0.25) is 0 Å². The van der Waals surface area contributed by atoms with Gasteiger partial charge in [0.25, 0.3) is 5.91 Å². The first-order valence-electron chi connectivity index (χ1n) is 7.16. The standard InChI is InChI=1S/C15H20N2O4.ClH/c1-17(15(18)13-5-3-11(7-16)21-13)8-10-2-4-12-14(6-10)20-9-19-12;/h2,4,6,11,13H,3,5,7-9,16H2,1H3;1H/t11-,13+;/m1./s1. The number of hydrogen-bond donors (Lipinski definition) is 1. The third-order valence-corrected chi connectivity index (χ3v) is 3.88. The van der Waals surface area contributed by atoms with E-state index in [0.717, 1.165) is 29.9 Å². The summed E-state index contributed by atoms with van der Waals surface area (Å²) in [5.41, 5.74) is 6.58. The lowest BCUT2D eigenvalue weighted by Crippen LogP contribution is -2.36. The number of carbonyl (C=O) groups excluding carboxylic acids is 1. The Morgan fingerprint density at radius 1 is 1.32 bits per heavy atom. The number of nitrogens with zero attached hydrogens (tertiary/aromatic N) is 1. The third-order valence-electron chi connectivity index (χ3n) is 3.88. The summed E-state index contributed by atoms with van der Waals surface area (Å²) in [5, 5.41) is 0. The first-order chi connectivity index (χ1) is 10.2. The van der Waals surface area contributed by atoms with Gasteiger partial charge >= 0.3 is 0 Å². The normalized spacial score (nSPS) is 22.3. The quantitative estimate of drug-likeness (QED) is 0.902. The Morgan fingerprint density at radius 3 is 2.82 bits per heavy atom. The second-order valence-corrected chi connectivity index (χ2v) is 5.44. The summed E-state index contributed by atoms with van der Waals surface area (Å²) in [6, 6.07) is 5.71. The first-order valence-corrected chi connectivity index (χ1v) is 7.16. The number of halogens is 1. The van der Waals surface area contributed by atoms with Gasteiger partial charge < -0.3 is 24.8 Å². The Morgan fingerprint density at radius 2 is 2.09 bits per heavy atom. The lowest BCUT2D eigenvalue weighted by atomic mass is 10.1. The molecule has 0 unspecified atom stereocenters. The van der Waals surface area contributed by atoms with Gasteiger partial charge in [-0.05, 0) is 30.5 Å². The lowest BCUT2D eigenvalue weighted by Gasteiger charge is -2.21. The van der Waals surface area contributed by atoms with Gasteiger partial charge in [0.15, 0.2) is 11.5 Å². The summed E-state index contributed by atoms with van der Waals surface area (Å²) in [4.78, 5) is 14.0. The van der Waals surface area contributed by atoms with Crippen LogP contribution < -0.4 is 15.2 Å². The van der Waals surface area contributed by atoms with Gasteiger partial charge in [0.2, 0.25) is 6.79 Å². The second-order valence-electron chi connectivity index (χ2n) is 5.44. The van der Waals surface area contributed by atoms with Gasteiger partial charge in [-0.1, -0.05) is 6.07 Å². The monoisotopic (exact) mass is 328 g/mol. The van der Waals surface area contributed by atoms with E-state index >= 15 is 0 Å². The molecule has 0 aliphatic carbocycles. The highest BCUT2D eigenvalue weighted by atomic mass is 35.5. The average molecular weight is 329 g/mol. The Labute approximate surface area is 135 Å². The molecule has 6 nitrogen and oxygen atoms in total. The number of benzene rings is 1. The van der Waals surface area contributed by atoms with Crippen molar-refractivity contribution in [2.24, 2.45) is 5.73 Å². The Kier molecular flexibility index (Phi) is 5.50. The topological polar surface area (TPSA) is 74.0 Å². The minimum Gasteiger partial charge on any atom is -0.454 e. The summed E-state index contributed by atoms with van der Waals surface area (Å²) >= 11 is 0. The van der Waals surface area contributed by atoms with E-state index in [2.05, 4.69) is 0 Å². The van der Waals surface area contributed by atoms with E-state index in [1.807, 2.05) is 18.2 Å². The number of carbonyl (C=O) groups is 1. The van der Waals surface area contributed by atoms with E-state index in [9.17, 15) is 4.79 Å². The van der Waals surface area contributed by atoms with Gasteiger partial charge in [0.05, 0.1) is 6.10 Å². The van der Waals surface area contributed by atoms with Crippen LogP contribution >= 0.6 is 12.4 Å². The molecule has 1 aromatic carbocycles. The van der Waals surface area contributed by atoms with Crippen LogP contribution in [0.15, 0.2) is 18.2 Å². The molecule has 0 radical (unpaired) electrons. The molecule has 0 bridgehead atoms. The molecule has 3 rings (SSSR count). The molecule has 7 heteroatoms. The van der Waals surface area contributed by atoms with Crippen molar-refractivity contribution in [2.45, 2.75) is 31.6 Å². The molecule has 0 spiro atoms. The Hall–Kier alpha value is -1.50. The second kappa shape index (κ2) is 7.17. The van der Waals surface area contributed by atoms with E-state index in [-0.39, 0.29) is 37.3 Å². The number of hydrogen-bond acceptors (Lipinski definition) is 5. The van der Waals surface area contributed by atoms with Crippen LogP contribution in [0.5, 0.6) is 11.5 Å². The van der Waals surface area contributed by atoms with Crippen molar-refractivity contribution in [3.8, 4) is 11.5 Å². The number of fused-ring (bicyclic) bond motifs is 1. The molecular formula is C15H21ClN2O4. The predicted octanol–water partition coefficient (Wildman–Crippen LogP) is 1.30. The zero-order chi connectivity index (χ0) is 14.8. The molecule has 0 aromatic heterocycles. The smallest absolute Gasteiger partial charge is 0.251 e. The zero-order valence-corrected chi connectivity index (χ0v) is 13.3. The number of likely N-dealkylation sites (N-methyl/N-ethyl adjacent to an activating group) is 1.